The first-order valence-corrected chi connectivity index (χ1v) is 8.32. The minimum absolute atomic E-state index is 0.0996. The van der Waals surface area contributed by atoms with Gasteiger partial charge in [0.15, 0.2) is 0 Å². The molecule has 0 radical (unpaired) electrons. The van der Waals surface area contributed by atoms with Crippen LogP contribution in [-0.4, -0.2) is 51.9 Å². The van der Waals surface area contributed by atoms with Crippen LogP contribution < -0.4 is 5.32 Å². The summed E-state index contributed by atoms with van der Waals surface area (Å²) in [6, 6.07) is 4.13. The Balaban J connectivity index is 1.62. The summed E-state index contributed by atoms with van der Waals surface area (Å²) in [7, 11) is 0. The van der Waals surface area contributed by atoms with Crippen molar-refractivity contribution in [1.82, 2.24) is 14.8 Å². The van der Waals surface area contributed by atoms with E-state index in [1.54, 1.807) is 13.1 Å². The molecule has 1 saturated carbocycles. The third-order valence-corrected chi connectivity index (χ3v) is 4.60. The molecule has 1 atom stereocenters. The van der Waals surface area contributed by atoms with Crippen LogP contribution in [0.4, 0.5) is 10.5 Å². The Bertz CT molecular complexity index is 583. The van der Waals surface area contributed by atoms with Crippen LogP contribution in [0.3, 0.4) is 0 Å². The van der Waals surface area contributed by atoms with Crippen LogP contribution >= 0.6 is 0 Å². The Morgan fingerprint density at radius 3 is 2.74 bits per heavy atom. The molecule has 2 aliphatic rings. The Morgan fingerprint density at radius 2 is 2.13 bits per heavy atom. The van der Waals surface area contributed by atoms with Crippen molar-refractivity contribution in [2.24, 2.45) is 0 Å². The average Bonchev–Trinajstić information content (AvgIpc) is 3.24. The molecular weight excluding hydrogens is 292 g/mol. The number of nitrogens with one attached hydrogen (secondary N) is 1. The first-order valence-electron chi connectivity index (χ1n) is 8.32. The van der Waals surface area contributed by atoms with Crippen molar-refractivity contribution >= 4 is 17.6 Å². The molecule has 6 heteroatoms. The molecule has 6 nitrogen and oxygen atoms in total. The van der Waals surface area contributed by atoms with Gasteiger partial charge in [0.1, 0.15) is 0 Å². The number of hydrogen-bond donors (Lipinski definition) is 1. The van der Waals surface area contributed by atoms with Gasteiger partial charge < -0.3 is 15.1 Å². The van der Waals surface area contributed by atoms with Gasteiger partial charge in [-0.3, -0.25) is 9.78 Å². The van der Waals surface area contributed by atoms with Crippen molar-refractivity contribution in [3.05, 3.63) is 24.0 Å². The zero-order chi connectivity index (χ0) is 16.4. The van der Waals surface area contributed by atoms with E-state index in [1.807, 2.05) is 28.9 Å². The quantitative estimate of drug-likeness (QED) is 0.927. The van der Waals surface area contributed by atoms with Crippen LogP contribution in [0, 0.1) is 6.92 Å². The minimum atomic E-state index is -0.0996. The van der Waals surface area contributed by atoms with Gasteiger partial charge in [0.25, 0.3) is 0 Å². The molecular formula is C17H24N4O2. The average molecular weight is 316 g/mol. The van der Waals surface area contributed by atoms with Gasteiger partial charge in [0, 0.05) is 31.7 Å². The Labute approximate surface area is 136 Å². The summed E-state index contributed by atoms with van der Waals surface area (Å²) in [5.41, 5.74) is 1.63. The molecule has 2 heterocycles. The second-order valence-corrected chi connectivity index (χ2v) is 6.51. The molecule has 1 aromatic heterocycles. The van der Waals surface area contributed by atoms with E-state index < -0.39 is 0 Å². The van der Waals surface area contributed by atoms with Crippen LogP contribution in [-0.2, 0) is 4.79 Å². The van der Waals surface area contributed by atoms with E-state index in [-0.39, 0.29) is 18.0 Å². The van der Waals surface area contributed by atoms with Crippen molar-refractivity contribution in [1.29, 1.82) is 0 Å². The smallest absolute Gasteiger partial charge is 0.322 e. The van der Waals surface area contributed by atoms with Gasteiger partial charge in [-0.25, -0.2) is 4.79 Å². The third kappa shape index (κ3) is 3.81. The molecule has 1 unspecified atom stereocenters. The van der Waals surface area contributed by atoms with Crippen LogP contribution in [0.2, 0.25) is 0 Å². The highest BCUT2D eigenvalue weighted by Crippen LogP contribution is 2.29. The zero-order valence-corrected chi connectivity index (χ0v) is 13.8. The summed E-state index contributed by atoms with van der Waals surface area (Å²) in [6.07, 6.45) is 5.79. The number of aryl methyl sites for hydroxylation is 1. The number of aromatic nitrogens is 1. The molecule has 3 rings (SSSR count). The third-order valence-electron chi connectivity index (χ3n) is 4.60. The van der Waals surface area contributed by atoms with E-state index in [0.717, 1.165) is 37.9 Å². The maximum Gasteiger partial charge on any atom is 0.322 e. The van der Waals surface area contributed by atoms with Crippen molar-refractivity contribution in [3.63, 3.8) is 0 Å². The summed E-state index contributed by atoms with van der Waals surface area (Å²) >= 11 is 0. The Morgan fingerprint density at radius 1 is 1.35 bits per heavy atom. The molecule has 3 amide bonds. The second-order valence-electron chi connectivity index (χ2n) is 6.51. The Hall–Kier alpha value is -2.11. The van der Waals surface area contributed by atoms with E-state index in [1.165, 1.54) is 0 Å². The number of rotatable bonds is 4. The number of carbonyl (C=O) groups is 2. The van der Waals surface area contributed by atoms with Crippen LogP contribution in [0.1, 0.15) is 38.3 Å². The maximum absolute atomic E-state index is 12.5. The van der Waals surface area contributed by atoms with Crippen LogP contribution in [0.25, 0.3) is 0 Å². The van der Waals surface area contributed by atoms with E-state index in [2.05, 4.69) is 10.3 Å². The Kier molecular flexibility index (Phi) is 4.50. The number of nitrogens with zero attached hydrogens (tertiary/aromatic N) is 3. The van der Waals surface area contributed by atoms with Gasteiger partial charge in [0.05, 0.1) is 17.9 Å². The maximum atomic E-state index is 12.5. The number of carbonyl (C=O) groups excluding carboxylic acids is 2. The van der Waals surface area contributed by atoms with Crippen molar-refractivity contribution in [2.45, 2.75) is 51.6 Å². The van der Waals surface area contributed by atoms with E-state index in [9.17, 15) is 9.59 Å². The lowest BCUT2D eigenvalue weighted by Gasteiger charge is -2.30. The SMILES string of the molecule is CC(=O)N(CC1CCCN1C(=O)Nc1ccc(C)nc1)C1CC1. The molecule has 0 spiro atoms. The molecule has 23 heavy (non-hydrogen) atoms. The molecule has 0 bridgehead atoms. The predicted octanol–water partition coefficient (Wildman–Crippen LogP) is 2.40. The first-order chi connectivity index (χ1) is 11.0. The summed E-state index contributed by atoms with van der Waals surface area (Å²) in [5.74, 6) is 0.113. The number of urea groups is 1. The lowest BCUT2D eigenvalue weighted by atomic mass is 10.2. The highest BCUT2D eigenvalue weighted by atomic mass is 16.2. The lowest BCUT2D eigenvalue weighted by molar-refractivity contribution is -0.130. The molecule has 2 fully saturated rings. The van der Waals surface area contributed by atoms with Crippen LogP contribution in [0.15, 0.2) is 18.3 Å². The lowest BCUT2D eigenvalue weighted by Crippen LogP contribution is -2.46. The summed E-state index contributed by atoms with van der Waals surface area (Å²) < 4.78 is 0. The van der Waals surface area contributed by atoms with Gasteiger partial charge in [-0.1, -0.05) is 0 Å². The fourth-order valence-electron chi connectivity index (χ4n) is 3.18. The number of anilines is 1. The monoisotopic (exact) mass is 316 g/mol. The minimum Gasteiger partial charge on any atom is -0.338 e. The zero-order valence-electron chi connectivity index (χ0n) is 13.8. The highest BCUT2D eigenvalue weighted by Gasteiger charge is 2.36. The second kappa shape index (κ2) is 6.56. The molecule has 1 N–H and O–H groups in total. The molecule has 1 aliphatic heterocycles. The van der Waals surface area contributed by atoms with E-state index in [0.29, 0.717) is 18.3 Å². The molecule has 124 valence electrons. The summed E-state index contributed by atoms with van der Waals surface area (Å²) in [4.78, 5) is 32.3. The van der Waals surface area contributed by atoms with E-state index in [4.69, 9.17) is 0 Å². The van der Waals surface area contributed by atoms with Gasteiger partial charge in [-0.2, -0.15) is 0 Å². The fourth-order valence-corrected chi connectivity index (χ4v) is 3.18. The highest BCUT2D eigenvalue weighted by molar-refractivity contribution is 5.89. The molecule has 0 aromatic carbocycles. The normalized spacial score (nSPS) is 20.4. The van der Waals surface area contributed by atoms with Crippen molar-refractivity contribution in [2.75, 3.05) is 18.4 Å². The van der Waals surface area contributed by atoms with E-state index >= 15 is 0 Å². The van der Waals surface area contributed by atoms with Crippen molar-refractivity contribution in [3.8, 4) is 0 Å². The largest absolute Gasteiger partial charge is 0.338 e. The van der Waals surface area contributed by atoms with Crippen LogP contribution in [0.5, 0.6) is 0 Å². The number of pyridine rings is 1. The summed E-state index contributed by atoms with van der Waals surface area (Å²) in [5, 5.41) is 2.91. The topological polar surface area (TPSA) is 65.5 Å². The van der Waals surface area contributed by atoms with Gasteiger partial charge in [-0.15, -0.1) is 0 Å². The summed E-state index contributed by atoms with van der Waals surface area (Å²) in [6.45, 7) is 4.93. The standard InChI is InChI=1S/C17H24N4O2/c1-12-5-6-14(10-18-12)19-17(23)20-9-3-4-16(20)11-21(13(2)22)15-7-8-15/h5-6,10,15-16H,3-4,7-9,11H2,1-2H3,(H,19,23). The van der Waals surface area contributed by atoms with Gasteiger partial charge in [-0.05, 0) is 44.7 Å². The fraction of sp³-hybridized carbons (Fsp3) is 0.588. The molecule has 1 aliphatic carbocycles. The van der Waals surface area contributed by atoms with Crippen molar-refractivity contribution < 1.29 is 9.59 Å². The first kappa shape index (κ1) is 15.8. The van der Waals surface area contributed by atoms with Gasteiger partial charge >= 0.3 is 6.03 Å². The number of likely N-dealkylation sites (tertiary alicyclic amines) is 1. The number of hydrogen-bond acceptors (Lipinski definition) is 3. The van der Waals surface area contributed by atoms with Gasteiger partial charge in [0.2, 0.25) is 5.91 Å². The number of amides is 3. The molecule has 1 saturated heterocycles. The molecule has 1 aromatic rings. The predicted molar refractivity (Wildman–Crippen MR) is 88.1 cm³/mol.